The third-order valence-electron chi connectivity index (χ3n) is 16.7. The summed E-state index contributed by atoms with van der Waals surface area (Å²) in [4.78, 5) is 0. The summed E-state index contributed by atoms with van der Waals surface area (Å²) in [5.74, 6) is -3.67. The van der Waals surface area contributed by atoms with Crippen LogP contribution in [0.25, 0.3) is 0 Å². The average molecular weight is 1240 g/mol. The van der Waals surface area contributed by atoms with E-state index < -0.39 is 34.4 Å². The molecule has 0 aliphatic rings. The highest BCUT2D eigenvalue weighted by Gasteiger charge is 2.22. The van der Waals surface area contributed by atoms with Crippen LogP contribution in [0.4, 0.5) is 17.6 Å². The molecule has 0 bridgehead atoms. The summed E-state index contributed by atoms with van der Waals surface area (Å²) in [5.41, 5.74) is 30.8. The van der Waals surface area contributed by atoms with Gasteiger partial charge in [-0.1, -0.05) is 264 Å². The van der Waals surface area contributed by atoms with Crippen LogP contribution in [0.1, 0.15) is 255 Å². The molecule has 8 aromatic carbocycles. The Morgan fingerprint density at radius 3 is 0.879 bits per heavy atom. The molecule has 0 amide bonds. The van der Waals surface area contributed by atoms with E-state index in [2.05, 4.69) is 336 Å². The standard InChI is InChI=1S/C15H24.C14H22.C12H18.C11H16.C10H14.C9H12.C8H6F4.C8H10/c1-11-8-9-12(14(2,3)4)10-13(11)15(5,6)7;1-9(2)13-7-11(5)8-14(10(3)4)12(13)6;1-9-6-7-10(2)11(8-9)12(3,4)5;1-8(2)11-7-9(3)5-6-10(11)4;1-7-5-8(2)10(4)9(3)6-7;1-7-4-5-8(2)9(3)6-7;1-3-5(9)4(2)7(11)8(12)6(3)10;1-7-3-5-8(2)6-4-7/h8-10H,1-7H3;7-10H,1-6H3;6-8H,1-5H3;5-8H,1-4H3;5-6H,1-4H3;4-6H,1-3H3;1-2H3;3-6H,1-2H3. The van der Waals surface area contributed by atoms with Crippen LogP contribution >= 0.6 is 0 Å². The van der Waals surface area contributed by atoms with Crippen molar-refractivity contribution in [2.45, 2.75) is 262 Å². The zero-order valence-electron chi connectivity index (χ0n) is 63.3. The van der Waals surface area contributed by atoms with Gasteiger partial charge in [0.25, 0.3) is 0 Å². The largest absolute Gasteiger partial charge is 0.206 e. The van der Waals surface area contributed by atoms with Crippen molar-refractivity contribution in [3.05, 3.63) is 278 Å². The van der Waals surface area contributed by atoms with E-state index in [4.69, 9.17) is 0 Å². The minimum atomic E-state index is -1.62. The van der Waals surface area contributed by atoms with Crippen LogP contribution in [0, 0.1) is 148 Å². The maximum Gasteiger partial charge on any atom is 0.195 e. The van der Waals surface area contributed by atoms with Crippen molar-refractivity contribution in [3.8, 4) is 0 Å². The molecule has 0 saturated carbocycles. The third-order valence-corrected chi connectivity index (χ3v) is 16.7. The molecule has 498 valence electrons. The fourth-order valence-corrected chi connectivity index (χ4v) is 10.6. The van der Waals surface area contributed by atoms with E-state index in [1.54, 1.807) is 0 Å². The minimum Gasteiger partial charge on any atom is -0.206 e. The van der Waals surface area contributed by atoms with Gasteiger partial charge in [0, 0.05) is 11.1 Å². The lowest BCUT2D eigenvalue weighted by Gasteiger charge is -2.26. The molecule has 0 unspecified atom stereocenters. The van der Waals surface area contributed by atoms with E-state index in [-0.39, 0.29) is 16.2 Å². The SMILES string of the molecule is Cc1c(F)c(C)c(F)c(F)c1F.Cc1cc(C(C)C)c(C)c(C(C)C)c1.Cc1cc(C)c(C)c(C)c1.Cc1ccc(C(C)(C)C)cc1C(C)(C)C.Cc1ccc(C)c(C(C)(C)C)c1.Cc1ccc(C)c(C(C)C)c1.Cc1ccc(C)c(C)c1.Cc1ccc(C)cc1. The Hall–Kier alpha value is -6.52. The lowest BCUT2D eigenvalue weighted by molar-refractivity contribution is 0.423. The molecule has 0 atom stereocenters. The molecule has 8 rings (SSSR count). The van der Waals surface area contributed by atoms with Crippen molar-refractivity contribution in [3.63, 3.8) is 0 Å². The molecule has 4 heteroatoms. The first-order valence-electron chi connectivity index (χ1n) is 32.9. The van der Waals surface area contributed by atoms with E-state index in [1.165, 1.54) is 122 Å². The minimum absolute atomic E-state index is 0.241. The molecule has 0 fully saturated rings. The monoisotopic (exact) mass is 1240 g/mol. The molecule has 8 aromatic rings. The number of hydrogen-bond donors (Lipinski definition) is 0. The summed E-state index contributed by atoms with van der Waals surface area (Å²) < 4.78 is 50.5. The molecule has 0 saturated heterocycles. The molecular weight excluding hydrogens is 1120 g/mol. The van der Waals surface area contributed by atoms with Crippen LogP contribution in [0.2, 0.25) is 0 Å². The van der Waals surface area contributed by atoms with E-state index in [0.717, 1.165) is 13.8 Å². The molecule has 0 spiro atoms. The second-order valence-corrected chi connectivity index (χ2v) is 29.8. The summed E-state index contributed by atoms with van der Waals surface area (Å²) >= 11 is 0. The van der Waals surface area contributed by atoms with Crippen molar-refractivity contribution in [2.24, 2.45) is 0 Å². The lowest BCUT2D eigenvalue weighted by Crippen LogP contribution is -2.17. The van der Waals surface area contributed by atoms with Crippen molar-refractivity contribution in [1.29, 1.82) is 0 Å². The van der Waals surface area contributed by atoms with Crippen LogP contribution in [0.5, 0.6) is 0 Å². The van der Waals surface area contributed by atoms with E-state index in [9.17, 15) is 17.6 Å². The molecular formula is C87H122F4. The molecule has 0 radical (unpaired) electrons. The van der Waals surface area contributed by atoms with Gasteiger partial charge in [0.2, 0.25) is 0 Å². The number of halogens is 4. The molecule has 0 aliphatic carbocycles. The van der Waals surface area contributed by atoms with Gasteiger partial charge in [-0.05, 0) is 242 Å². The lowest BCUT2D eigenvalue weighted by atomic mass is 9.79. The van der Waals surface area contributed by atoms with Gasteiger partial charge in [0.15, 0.2) is 17.5 Å². The fourth-order valence-electron chi connectivity index (χ4n) is 10.6. The van der Waals surface area contributed by atoms with Crippen LogP contribution in [0.3, 0.4) is 0 Å². The highest BCUT2D eigenvalue weighted by molar-refractivity contribution is 5.42. The highest BCUT2D eigenvalue weighted by atomic mass is 19.2. The third kappa shape index (κ3) is 27.7. The maximum atomic E-state index is 12.8. The van der Waals surface area contributed by atoms with Crippen molar-refractivity contribution < 1.29 is 17.6 Å². The first-order chi connectivity index (χ1) is 41.6. The van der Waals surface area contributed by atoms with Crippen molar-refractivity contribution >= 4 is 0 Å². The number of aryl methyl sites for hydroxylation is 14. The predicted octanol–water partition coefficient (Wildman–Crippen LogP) is 26.9. The van der Waals surface area contributed by atoms with Gasteiger partial charge in [0.05, 0.1) is 0 Å². The Morgan fingerprint density at radius 2 is 0.538 bits per heavy atom. The van der Waals surface area contributed by atoms with Gasteiger partial charge in [-0.2, -0.15) is 0 Å². The Labute approximate surface area is 555 Å². The van der Waals surface area contributed by atoms with E-state index in [0.29, 0.717) is 17.8 Å². The Morgan fingerprint density at radius 1 is 0.231 bits per heavy atom. The fraction of sp³-hybridized carbons (Fsp3) is 0.448. The Bertz CT molecular complexity index is 3380. The van der Waals surface area contributed by atoms with Gasteiger partial charge in [-0.3, -0.25) is 0 Å². The van der Waals surface area contributed by atoms with E-state index in [1.807, 2.05) is 0 Å². The zero-order valence-corrected chi connectivity index (χ0v) is 63.3. The first kappa shape index (κ1) is 82.5. The molecule has 0 nitrogen and oxygen atoms in total. The second-order valence-electron chi connectivity index (χ2n) is 29.8. The number of rotatable bonds is 3. The van der Waals surface area contributed by atoms with Gasteiger partial charge >= 0.3 is 0 Å². The summed E-state index contributed by atoms with van der Waals surface area (Å²) in [6, 6.07) is 44.3. The van der Waals surface area contributed by atoms with Crippen LogP contribution in [0.15, 0.2) is 121 Å². The average Bonchev–Trinajstić information content (AvgIpc) is 1.47. The van der Waals surface area contributed by atoms with Gasteiger partial charge in [0.1, 0.15) is 5.82 Å². The van der Waals surface area contributed by atoms with Crippen LogP contribution < -0.4 is 0 Å². The first-order valence-corrected chi connectivity index (χ1v) is 32.9. The molecule has 0 N–H and O–H groups in total. The highest BCUT2D eigenvalue weighted by Crippen LogP contribution is 2.32. The maximum absolute atomic E-state index is 12.8. The predicted molar refractivity (Wildman–Crippen MR) is 395 cm³/mol. The summed E-state index contributed by atoms with van der Waals surface area (Å²) in [6.07, 6.45) is 0. The van der Waals surface area contributed by atoms with Gasteiger partial charge in [-0.15, -0.1) is 0 Å². The molecule has 0 aromatic heterocycles. The number of benzene rings is 8. The molecule has 91 heavy (non-hydrogen) atoms. The normalized spacial score (nSPS) is 11.0. The van der Waals surface area contributed by atoms with Crippen LogP contribution in [-0.2, 0) is 16.2 Å². The Kier molecular flexibility index (Phi) is 33.2. The second kappa shape index (κ2) is 36.7. The van der Waals surface area contributed by atoms with Crippen molar-refractivity contribution in [1.82, 2.24) is 0 Å². The molecule has 0 aliphatic heterocycles. The summed E-state index contributed by atoms with van der Waals surface area (Å²) in [7, 11) is 0. The van der Waals surface area contributed by atoms with Gasteiger partial charge < -0.3 is 0 Å². The van der Waals surface area contributed by atoms with Gasteiger partial charge in [-0.25, -0.2) is 17.6 Å². The topological polar surface area (TPSA) is 0 Å². The molecule has 0 heterocycles. The van der Waals surface area contributed by atoms with E-state index >= 15 is 0 Å². The van der Waals surface area contributed by atoms with Crippen molar-refractivity contribution in [2.75, 3.05) is 0 Å². The summed E-state index contributed by atoms with van der Waals surface area (Å²) in [6.45, 7) is 70.6. The smallest absolute Gasteiger partial charge is 0.195 e. The van der Waals surface area contributed by atoms with Crippen LogP contribution in [-0.4, -0.2) is 0 Å². The number of hydrogen-bond acceptors (Lipinski definition) is 0. The zero-order chi connectivity index (χ0) is 70.5. The quantitative estimate of drug-likeness (QED) is 0.0940. The Balaban J connectivity index is 0.000000523. The summed E-state index contributed by atoms with van der Waals surface area (Å²) in [5, 5.41) is 0.